The van der Waals surface area contributed by atoms with Gasteiger partial charge in [-0.1, -0.05) is 18.2 Å². The van der Waals surface area contributed by atoms with Crippen molar-refractivity contribution in [1.82, 2.24) is 5.32 Å². The van der Waals surface area contributed by atoms with Gasteiger partial charge in [-0.05, 0) is 50.9 Å². The summed E-state index contributed by atoms with van der Waals surface area (Å²) in [7, 11) is -3.22. The fourth-order valence-corrected chi connectivity index (χ4v) is 4.52. The summed E-state index contributed by atoms with van der Waals surface area (Å²) in [5.74, 6) is 0.543. The van der Waals surface area contributed by atoms with Crippen molar-refractivity contribution in [2.75, 3.05) is 29.7 Å². The van der Waals surface area contributed by atoms with Crippen molar-refractivity contribution in [3.05, 3.63) is 30.3 Å². The molecule has 0 unspecified atom stereocenters. The predicted molar refractivity (Wildman–Crippen MR) is 78.8 cm³/mol. The third-order valence-corrected chi connectivity index (χ3v) is 5.61. The van der Waals surface area contributed by atoms with Gasteiger partial charge < -0.3 is 5.32 Å². The topological polar surface area (TPSA) is 49.4 Å². The lowest BCUT2D eigenvalue weighted by molar-refractivity contribution is 0.401. The minimum atomic E-state index is -3.22. The summed E-state index contributed by atoms with van der Waals surface area (Å²) in [4.78, 5) is 0. The van der Waals surface area contributed by atoms with Crippen LogP contribution < -0.4 is 9.62 Å². The lowest BCUT2D eigenvalue weighted by Gasteiger charge is -2.27. The van der Waals surface area contributed by atoms with Crippen molar-refractivity contribution in [3.63, 3.8) is 0 Å². The fourth-order valence-electron chi connectivity index (χ4n) is 2.57. The van der Waals surface area contributed by atoms with E-state index >= 15 is 0 Å². The molecule has 0 saturated carbocycles. The number of benzene rings is 1. The summed E-state index contributed by atoms with van der Waals surface area (Å²) in [6, 6.07) is 9.35. The second-order valence-corrected chi connectivity index (χ2v) is 6.91. The zero-order chi connectivity index (χ0) is 13.7. The van der Waals surface area contributed by atoms with E-state index in [1.807, 2.05) is 37.3 Å². The molecule has 0 amide bonds. The Labute approximate surface area is 115 Å². The van der Waals surface area contributed by atoms with Crippen LogP contribution in [0.5, 0.6) is 0 Å². The highest BCUT2D eigenvalue weighted by atomic mass is 32.2. The Morgan fingerprint density at radius 1 is 1.21 bits per heavy atom. The molecule has 0 aromatic heterocycles. The Bertz CT molecular complexity index is 481. The van der Waals surface area contributed by atoms with Crippen LogP contribution in [-0.2, 0) is 10.0 Å². The highest BCUT2D eigenvalue weighted by Gasteiger charge is 2.26. The molecule has 1 N–H and O–H groups in total. The number of nitrogens with zero attached hydrogens (tertiary/aromatic N) is 1. The van der Waals surface area contributed by atoms with Gasteiger partial charge in [0.05, 0.1) is 11.4 Å². The van der Waals surface area contributed by atoms with Crippen molar-refractivity contribution in [2.45, 2.75) is 19.8 Å². The Kier molecular flexibility index (Phi) is 4.82. The lowest BCUT2D eigenvalue weighted by Crippen LogP contribution is -2.38. The quantitative estimate of drug-likeness (QED) is 0.896. The van der Waals surface area contributed by atoms with Crippen molar-refractivity contribution in [3.8, 4) is 0 Å². The molecule has 1 aromatic carbocycles. The number of piperidine rings is 1. The lowest BCUT2D eigenvalue weighted by atomic mass is 10.0. The molecule has 0 atom stereocenters. The first-order valence-electron chi connectivity index (χ1n) is 6.89. The first-order valence-corrected chi connectivity index (χ1v) is 8.50. The predicted octanol–water partition coefficient (Wildman–Crippen LogP) is 1.84. The van der Waals surface area contributed by atoms with Gasteiger partial charge in [0.2, 0.25) is 10.0 Å². The Balaban J connectivity index is 2.12. The van der Waals surface area contributed by atoms with Crippen LogP contribution in [-0.4, -0.2) is 33.8 Å². The average molecular weight is 282 g/mol. The maximum absolute atomic E-state index is 12.5. The maximum Gasteiger partial charge on any atom is 0.235 e. The molecule has 0 radical (unpaired) electrons. The Morgan fingerprint density at radius 2 is 1.84 bits per heavy atom. The standard InChI is InChI=1S/C14H22N2O2S/c1-2-16(14-6-4-3-5-7-14)19(17,18)12-13-8-10-15-11-9-13/h3-7,13,15H,2,8-12H2,1H3. The number of hydrogen-bond acceptors (Lipinski definition) is 3. The molecule has 0 spiro atoms. The van der Waals surface area contributed by atoms with Gasteiger partial charge in [0.25, 0.3) is 0 Å². The number of para-hydroxylation sites is 1. The number of anilines is 1. The number of nitrogens with one attached hydrogen (secondary N) is 1. The molecular formula is C14H22N2O2S. The molecule has 0 bridgehead atoms. The second kappa shape index (κ2) is 6.39. The van der Waals surface area contributed by atoms with E-state index in [0.717, 1.165) is 31.6 Å². The summed E-state index contributed by atoms with van der Waals surface area (Å²) in [6.07, 6.45) is 1.90. The molecule has 4 nitrogen and oxygen atoms in total. The molecule has 1 aromatic rings. The number of sulfonamides is 1. The van der Waals surface area contributed by atoms with Crippen LogP contribution in [0.15, 0.2) is 30.3 Å². The molecule has 0 aliphatic carbocycles. The normalized spacial score (nSPS) is 17.3. The van der Waals surface area contributed by atoms with E-state index in [2.05, 4.69) is 5.32 Å². The average Bonchev–Trinajstić information content (AvgIpc) is 2.41. The number of rotatable bonds is 5. The summed E-state index contributed by atoms with van der Waals surface area (Å²) in [6.45, 7) is 4.22. The van der Waals surface area contributed by atoms with E-state index in [-0.39, 0.29) is 11.7 Å². The summed E-state index contributed by atoms with van der Waals surface area (Å²) in [5, 5.41) is 3.27. The van der Waals surface area contributed by atoms with E-state index < -0.39 is 10.0 Å². The molecule has 19 heavy (non-hydrogen) atoms. The van der Waals surface area contributed by atoms with E-state index in [9.17, 15) is 8.42 Å². The summed E-state index contributed by atoms with van der Waals surface area (Å²) in [5.41, 5.74) is 0.763. The van der Waals surface area contributed by atoms with Crippen LogP contribution in [0.4, 0.5) is 5.69 Å². The molecule has 1 aliphatic heterocycles. The first-order chi connectivity index (χ1) is 9.13. The van der Waals surface area contributed by atoms with Gasteiger partial charge in [0, 0.05) is 6.54 Å². The van der Waals surface area contributed by atoms with Crippen LogP contribution in [0, 0.1) is 5.92 Å². The van der Waals surface area contributed by atoms with E-state index in [1.165, 1.54) is 4.31 Å². The van der Waals surface area contributed by atoms with E-state index in [1.54, 1.807) is 0 Å². The molecule has 1 saturated heterocycles. The smallest absolute Gasteiger partial charge is 0.235 e. The van der Waals surface area contributed by atoms with Crippen LogP contribution >= 0.6 is 0 Å². The van der Waals surface area contributed by atoms with Gasteiger partial charge in [-0.2, -0.15) is 0 Å². The zero-order valence-electron chi connectivity index (χ0n) is 11.4. The van der Waals surface area contributed by atoms with Crippen LogP contribution in [0.25, 0.3) is 0 Å². The highest BCUT2D eigenvalue weighted by molar-refractivity contribution is 7.92. The molecule has 5 heteroatoms. The van der Waals surface area contributed by atoms with Crippen LogP contribution in [0.3, 0.4) is 0 Å². The third-order valence-electron chi connectivity index (χ3n) is 3.57. The molecule has 2 rings (SSSR count). The molecule has 106 valence electrons. The molecular weight excluding hydrogens is 260 g/mol. The van der Waals surface area contributed by atoms with Crippen LogP contribution in [0.2, 0.25) is 0 Å². The summed E-state index contributed by atoms with van der Waals surface area (Å²) >= 11 is 0. The number of hydrogen-bond donors (Lipinski definition) is 1. The minimum Gasteiger partial charge on any atom is -0.317 e. The van der Waals surface area contributed by atoms with Crippen molar-refractivity contribution in [1.29, 1.82) is 0 Å². The molecule has 1 aliphatic rings. The van der Waals surface area contributed by atoms with Gasteiger partial charge in [-0.15, -0.1) is 0 Å². The van der Waals surface area contributed by atoms with Gasteiger partial charge in [-0.25, -0.2) is 8.42 Å². The van der Waals surface area contributed by atoms with Gasteiger partial charge >= 0.3 is 0 Å². The molecule has 1 heterocycles. The zero-order valence-corrected chi connectivity index (χ0v) is 12.2. The van der Waals surface area contributed by atoms with Gasteiger partial charge in [0.15, 0.2) is 0 Å². The summed E-state index contributed by atoms with van der Waals surface area (Å²) < 4.78 is 26.6. The van der Waals surface area contributed by atoms with Gasteiger partial charge in [-0.3, -0.25) is 4.31 Å². The second-order valence-electron chi connectivity index (χ2n) is 4.97. The minimum absolute atomic E-state index is 0.261. The van der Waals surface area contributed by atoms with Crippen molar-refractivity contribution < 1.29 is 8.42 Å². The highest BCUT2D eigenvalue weighted by Crippen LogP contribution is 2.21. The fraction of sp³-hybridized carbons (Fsp3) is 0.571. The largest absolute Gasteiger partial charge is 0.317 e. The van der Waals surface area contributed by atoms with Crippen LogP contribution in [0.1, 0.15) is 19.8 Å². The van der Waals surface area contributed by atoms with Crippen molar-refractivity contribution >= 4 is 15.7 Å². The first kappa shape index (κ1) is 14.3. The SMILES string of the molecule is CCN(c1ccccc1)S(=O)(=O)CC1CCNCC1. The Hall–Kier alpha value is -1.07. The maximum atomic E-state index is 12.5. The third kappa shape index (κ3) is 3.70. The monoisotopic (exact) mass is 282 g/mol. The molecule has 1 fully saturated rings. The van der Waals surface area contributed by atoms with E-state index in [4.69, 9.17) is 0 Å². The van der Waals surface area contributed by atoms with E-state index in [0.29, 0.717) is 6.54 Å². The Morgan fingerprint density at radius 3 is 2.42 bits per heavy atom. The van der Waals surface area contributed by atoms with Gasteiger partial charge in [0.1, 0.15) is 0 Å². The van der Waals surface area contributed by atoms with Crippen molar-refractivity contribution in [2.24, 2.45) is 5.92 Å².